The van der Waals surface area contributed by atoms with Gasteiger partial charge in [0, 0.05) is 32.9 Å². The Morgan fingerprint density at radius 2 is 0.648 bits per heavy atom. The van der Waals surface area contributed by atoms with Crippen LogP contribution in [0.3, 0.4) is 0 Å². The molecule has 0 unspecified atom stereocenters. The maximum atomic E-state index is 2.46. The van der Waals surface area contributed by atoms with Crippen molar-refractivity contribution in [3.05, 3.63) is 192 Å². The Bertz CT molecular complexity index is 2970. The minimum atomic E-state index is 1.16. The Hall–Kier alpha value is -6.64. The van der Waals surface area contributed by atoms with Crippen LogP contribution in [0.15, 0.2) is 170 Å². The molecule has 0 fully saturated rings. The molecule has 0 aliphatic carbocycles. The van der Waals surface area contributed by atoms with E-state index < -0.39 is 0 Å². The number of hydrogen-bond acceptors (Lipinski definition) is 0. The van der Waals surface area contributed by atoms with Crippen molar-refractivity contribution in [3.63, 3.8) is 0 Å². The van der Waals surface area contributed by atoms with Crippen LogP contribution in [0.2, 0.25) is 0 Å². The van der Waals surface area contributed by atoms with Crippen LogP contribution in [0, 0.1) is 27.7 Å². The van der Waals surface area contributed by atoms with Gasteiger partial charge in [0.25, 0.3) is 0 Å². The molecule has 0 atom stereocenters. The Kier molecular flexibility index (Phi) is 7.42. The number of benzene rings is 8. The molecular formula is C52H40N2. The highest BCUT2D eigenvalue weighted by Crippen LogP contribution is 2.40. The van der Waals surface area contributed by atoms with E-state index in [1.165, 1.54) is 105 Å². The van der Waals surface area contributed by atoms with E-state index in [1.807, 2.05) is 0 Å². The van der Waals surface area contributed by atoms with Crippen molar-refractivity contribution in [3.8, 4) is 44.8 Å². The molecule has 0 aliphatic heterocycles. The lowest BCUT2D eigenvalue weighted by molar-refractivity contribution is 1.18. The second kappa shape index (κ2) is 12.5. The van der Waals surface area contributed by atoms with E-state index in [1.54, 1.807) is 0 Å². The Morgan fingerprint density at radius 3 is 1.13 bits per heavy atom. The maximum Gasteiger partial charge on any atom is 0.0541 e. The van der Waals surface area contributed by atoms with Crippen molar-refractivity contribution in [2.45, 2.75) is 27.7 Å². The fraction of sp³-hybridized carbons (Fsp3) is 0.0769. The summed E-state index contributed by atoms with van der Waals surface area (Å²) in [6.45, 7) is 8.76. The molecular weight excluding hydrogens is 653 g/mol. The average molecular weight is 693 g/mol. The van der Waals surface area contributed by atoms with E-state index in [2.05, 4.69) is 207 Å². The third-order valence-corrected chi connectivity index (χ3v) is 11.0. The first-order chi connectivity index (χ1) is 26.4. The van der Waals surface area contributed by atoms with Gasteiger partial charge in [-0.05, 0) is 128 Å². The van der Waals surface area contributed by atoms with Gasteiger partial charge in [-0.1, -0.05) is 125 Å². The number of nitrogens with zero attached hydrogens (tertiary/aromatic N) is 2. The lowest BCUT2D eigenvalue weighted by Crippen LogP contribution is -1.96. The molecule has 54 heavy (non-hydrogen) atoms. The van der Waals surface area contributed by atoms with Gasteiger partial charge < -0.3 is 9.13 Å². The van der Waals surface area contributed by atoms with Crippen LogP contribution in [0.5, 0.6) is 0 Å². The van der Waals surface area contributed by atoms with Crippen LogP contribution in [0.1, 0.15) is 22.3 Å². The van der Waals surface area contributed by atoms with Crippen molar-refractivity contribution in [1.82, 2.24) is 9.13 Å². The van der Waals surface area contributed by atoms with Crippen LogP contribution in [-0.2, 0) is 0 Å². The van der Waals surface area contributed by atoms with Gasteiger partial charge in [-0.3, -0.25) is 0 Å². The summed E-state index contributed by atoms with van der Waals surface area (Å²) in [4.78, 5) is 0. The summed E-state index contributed by atoms with van der Waals surface area (Å²) in [5.41, 5.74) is 19.6. The number of rotatable bonds is 5. The Labute approximate surface area is 316 Å². The highest BCUT2D eigenvalue weighted by atomic mass is 15.0. The largest absolute Gasteiger partial charge is 0.309 e. The van der Waals surface area contributed by atoms with E-state index in [4.69, 9.17) is 0 Å². The van der Waals surface area contributed by atoms with Gasteiger partial charge in [0.15, 0.2) is 0 Å². The summed E-state index contributed by atoms with van der Waals surface area (Å²) in [7, 11) is 0. The van der Waals surface area contributed by atoms with Gasteiger partial charge in [0.05, 0.1) is 22.1 Å². The molecule has 258 valence electrons. The van der Waals surface area contributed by atoms with E-state index in [-0.39, 0.29) is 0 Å². The lowest BCUT2D eigenvalue weighted by Gasteiger charge is -2.15. The minimum absolute atomic E-state index is 1.16. The Balaban J connectivity index is 1.18. The van der Waals surface area contributed by atoms with Gasteiger partial charge in [-0.15, -0.1) is 0 Å². The third kappa shape index (κ3) is 5.33. The molecule has 2 heterocycles. The monoisotopic (exact) mass is 692 g/mol. The molecule has 2 heteroatoms. The van der Waals surface area contributed by atoms with E-state index >= 15 is 0 Å². The summed E-state index contributed by atoms with van der Waals surface area (Å²) >= 11 is 0. The first-order valence-corrected chi connectivity index (χ1v) is 18.8. The number of hydrogen-bond donors (Lipinski definition) is 0. The fourth-order valence-corrected chi connectivity index (χ4v) is 8.79. The topological polar surface area (TPSA) is 9.86 Å². The quantitative estimate of drug-likeness (QED) is 0.170. The van der Waals surface area contributed by atoms with Gasteiger partial charge >= 0.3 is 0 Å². The zero-order valence-electron chi connectivity index (χ0n) is 31.1. The van der Waals surface area contributed by atoms with Gasteiger partial charge in [-0.25, -0.2) is 0 Å². The van der Waals surface area contributed by atoms with Crippen molar-refractivity contribution in [2.75, 3.05) is 0 Å². The zero-order valence-corrected chi connectivity index (χ0v) is 31.1. The number of fused-ring (bicyclic) bond motifs is 6. The van der Waals surface area contributed by atoms with Crippen molar-refractivity contribution in [1.29, 1.82) is 0 Å². The van der Waals surface area contributed by atoms with Crippen LogP contribution in [-0.4, -0.2) is 9.13 Å². The summed E-state index contributed by atoms with van der Waals surface area (Å²) < 4.78 is 4.84. The molecule has 2 aromatic heterocycles. The molecule has 0 aliphatic rings. The molecule has 0 radical (unpaired) electrons. The van der Waals surface area contributed by atoms with Crippen molar-refractivity contribution >= 4 is 43.6 Å². The normalized spacial score (nSPS) is 11.7. The first-order valence-electron chi connectivity index (χ1n) is 18.8. The van der Waals surface area contributed by atoms with Crippen LogP contribution in [0.25, 0.3) is 88.4 Å². The highest BCUT2D eigenvalue weighted by molar-refractivity contribution is 6.12. The number of para-hydroxylation sites is 3. The van der Waals surface area contributed by atoms with Crippen LogP contribution in [0.4, 0.5) is 0 Å². The van der Waals surface area contributed by atoms with E-state index in [9.17, 15) is 0 Å². The molecule has 0 amide bonds. The molecule has 10 aromatic rings. The minimum Gasteiger partial charge on any atom is -0.309 e. The van der Waals surface area contributed by atoms with Gasteiger partial charge in [0.2, 0.25) is 0 Å². The predicted molar refractivity (Wildman–Crippen MR) is 230 cm³/mol. The summed E-state index contributed by atoms with van der Waals surface area (Å²) in [5.74, 6) is 0. The molecule has 10 rings (SSSR count). The molecule has 0 saturated heterocycles. The summed E-state index contributed by atoms with van der Waals surface area (Å²) in [5, 5.41) is 5.02. The second-order valence-electron chi connectivity index (χ2n) is 15.0. The van der Waals surface area contributed by atoms with Crippen molar-refractivity contribution < 1.29 is 0 Å². The number of aryl methyl sites for hydroxylation is 4. The standard InChI is InChI=1S/C52H40N2/c1-33-22-34(2)25-39(24-33)41-28-42(40-26-35(3)23-36(4)27-40)30-44(29-41)54-50-17-11-9-15-46(50)48-32-38(19-21-52(48)54)37-18-20-51-47(31-37)45-14-8-10-16-49(45)53(51)43-12-6-5-7-13-43/h5-32H,1-4H3. The van der Waals surface area contributed by atoms with Crippen LogP contribution >= 0.6 is 0 Å². The molecule has 0 N–H and O–H groups in total. The SMILES string of the molecule is Cc1cc(C)cc(-c2cc(-c3cc(C)cc(C)c3)cc(-n3c4ccccc4c4cc(-c5ccc6c(c5)c5ccccc5n6-c5ccccc5)ccc43)c2)c1. The second-order valence-corrected chi connectivity index (χ2v) is 15.0. The summed E-state index contributed by atoms with van der Waals surface area (Å²) in [6, 6.07) is 63.1. The molecule has 2 nitrogen and oxygen atoms in total. The van der Waals surface area contributed by atoms with Crippen LogP contribution < -0.4 is 0 Å². The molecule has 0 saturated carbocycles. The molecule has 8 aromatic carbocycles. The summed E-state index contributed by atoms with van der Waals surface area (Å²) in [6.07, 6.45) is 0. The lowest BCUT2D eigenvalue weighted by atomic mass is 9.94. The zero-order chi connectivity index (χ0) is 36.5. The fourth-order valence-electron chi connectivity index (χ4n) is 8.79. The van der Waals surface area contributed by atoms with Crippen molar-refractivity contribution in [2.24, 2.45) is 0 Å². The van der Waals surface area contributed by atoms with Gasteiger partial charge in [0.1, 0.15) is 0 Å². The third-order valence-electron chi connectivity index (χ3n) is 11.0. The highest BCUT2D eigenvalue weighted by Gasteiger charge is 2.17. The first kappa shape index (κ1) is 32.0. The molecule has 0 bridgehead atoms. The van der Waals surface area contributed by atoms with E-state index in [0.717, 1.165) is 5.69 Å². The van der Waals surface area contributed by atoms with E-state index in [0.29, 0.717) is 0 Å². The Morgan fingerprint density at radius 1 is 0.259 bits per heavy atom. The smallest absolute Gasteiger partial charge is 0.0541 e. The maximum absolute atomic E-state index is 2.46. The number of aromatic nitrogens is 2. The average Bonchev–Trinajstić information content (AvgIpc) is 3.69. The predicted octanol–water partition coefficient (Wildman–Crippen LogP) is 14.1. The van der Waals surface area contributed by atoms with Gasteiger partial charge in [-0.2, -0.15) is 0 Å². The molecule has 0 spiro atoms.